The molecule has 2 unspecified atom stereocenters. The van der Waals surface area contributed by atoms with Crippen molar-refractivity contribution in [1.29, 1.82) is 0 Å². The number of hydrogen-bond donors (Lipinski definition) is 1. The molecule has 0 spiro atoms. The minimum absolute atomic E-state index is 0.197. The molecule has 2 aromatic carbocycles. The third-order valence-electron chi connectivity index (χ3n) is 3.45. The monoisotopic (exact) mass is 287 g/mol. The van der Waals surface area contributed by atoms with E-state index in [2.05, 4.69) is 18.2 Å². The number of rotatable bonds is 4. The average Bonchev–Trinajstić information content (AvgIpc) is 2.42. The van der Waals surface area contributed by atoms with E-state index in [0.29, 0.717) is 5.75 Å². The highest BCUT2D eigenvalue weighted by molar-refractivity contribution is 7.85. The van der Waals surface area contributed by atoms with Crippen LogP contribution >= 0.6 is 0 Å². The number of hydrogen-bond acceptors (Lipinski definition) is 2. The van der Waals surface area contributed by atoms with Crippen molar-refractivity contribution in [3.05, 3.63) is 64.7 Å². The van der Waals surface area contributed by atoms with Gasteiger partial charge >= 0.3 is 0 Å². The van der Waals surface area contributed by atoms with Crippen molar-refractivity contribution < 1.29 is 4.21 Å². The molecule has 20 heavy (non-hydrogen) atoms. The maximum Gasteiger partial charge on any atom is 0.0548 e. The van der Waals surface area contributed by atoms with Crippen LogP contribution < -0.4 is 5.73 Å². The van der Waals surface area contributed by atoms with Crippen molar-refractivity contribution in [2.75, 3.05) is 5.75 Å². The lowest BCUT2D eigenvalue weighted by Gasteiger charge is -2.15. The minimum Gasteiger partial charge on any atom is -0.323 e. The van der Waals surface area contributed by atoms with Crippen LogP contribution in [-0.4, -0.2) is 9.96 Å². The van der Waals surface area contributed by atoms with E-state index in [1.54, 1.807) is 0 Å². The van der Waals surface area contributed by atoms with E-state index in [9.17, 15) is 4.21 Å². The first-order valence-electron chi connectivity index (χ1n) is 6.75. The predicted octanol–water partition coefficient (Wildman–Crippen LogP) is 3.42. The van der Waals surface area contributed by atoms with Gasteiger partial charge in [-0.05, 0) is 44.0 Å². The molecule has 2 aromatic rings. The Kier molecular flexibility index (Phi) is 4.73. The summed E-state index contributed by atoms with van der Waals surface area (Å²) in [5.74, 6) is 0.452. The fourth-order valence-electron chi connectivity index (χ4n) is 2.20. The highest BCUT2D eigenvalue weighted by Gasteiger charge is 2.14. The topological polar surface area (TPSA) is 43.1 Å². The summed E-state index contributed by atoms with van der Waals surface area (Å²) in [7, 11) is -1.06. The van der Waals surface area contributed by atoms with E-state index in [0.717, 1.165) is 16.0 Å². The van der Waals surface area contributed by atoms with Gasteiger partial charge in [0.25, 0.3) is 0 Å². The van der Waals surface area contributed by atoms with Gasteiger partial charge in [-0.25, -0.2) is 0 Å². The van der Waals surface area contributed by atoms with E-state index < -0.39 is 10.8 Å². The number of nitrogens with two attached hydrogens (primary N) is 1. The molecule has 0 saturated heterocycles. The fraction of sp³-hybridized carbons (Fsp3) is 0.294. The second-order valence-corrected chi connectivity index (χ2v) is 6.79. The third kappa shape index (κ3) is 3.56. The van der Waals surface area contributed by atoms with Crippen LogP contribution in [0.25, 0.3) is 0 Å². The first kappa shape index (κ1) is 14.9. The van der Waals surface area contributed by atoms with E-state index in [1.165, 1.54) is 11.1 Å². The van der Waals surface area contributed by atoms with Gasteiger partial charge in [-0.15, -0.1) is 0 Å². The Balaban J connectivity index is 2.15. The molecule has 0 bridgehead atoms. The molecule has 106 valence electrons. The highest BCUT2D eigenvalue weighted by Crippen LogP contribution is 2.20. The summed E-state index contributed by atoms with van der Waals surface area (Å²) in [5.41, 5.74) is 10.8. The van der Waals surface area contributed by atoms with Gasteiger partial charge in [-0.1, -0.05) is 41.5 Å². The van der Waals surface area contributed by atoms with Crippen molar-refractivity contribution in [1.82, 2.24) is 0 Å². The molecule has 0 radical (unpaired) electrons. The summed E-state index contributed by atoms with van der Waals surface area (Å²) < 4.78 is 12.4. The van der Waals surface area contributed by atoms with Crippen LogP contribution in [0.5, 0.6) is 0 Å². The lowest BCUT2D eigenvalue weighted by molar-refractivity contribution is 0.675. The average molecular weight is 287 g/mol. The Morgan fingerprint density at radius 3 is 2.25 bits per heavy atom. The van der Waals surface area contributed by atoms with Crippen molar-refractivity contribution in [3.8, 4) is 0 Å². The van der Waals surface area contributed by atoms with Crippen molar-refractivity contribution in [3.63, 3.8) is 0 Å². The normalized spacial score (nSPS) is 14.0. The van der Waals surface area contributed by atoms with Crippen LogP contribution in [-0.2, 0) is 10.8 Å². The molecule has 0 fully saturated rings. The summed E-state index contributed by atoms with van der Waals surface area (Å²) in [6, 6.07) is 13.8. The Morgan fingerprint density at radius 1 is 1.00 bits per heavy atom. The first-order valence-corrected chi connectivity index (χ1v) is 8.07. The van der Waals surface area contributed by atoms with E-state index >= 15 is 0 Å². The summed E-state index contributed by atoms with van der Waals surface area (Å²) in [6.07, 6.45) is 0. The molecule has 0 saturated carbocycles. The largest absolute Gasteiger partial charge is 0.323 e. The minimum atomic E-state index is -1.06. The lowest BCUT2D eigenvalue weighted by atomic mass is 10.0. The zero-order valence-corrected chi connectivity index (χ0v) is 13.0. The molecular formula is C17H21NOS. The smallest absolute Gasteiger partial charge is 0.0548 e. The molecule has 3 heteroatoms. The summed E-state index contributed by atoms with van der Waals surface area (Å²) in [4.78, 5) is 0.844. The van der Waals surface area contributed by atoms with Crippen LogP contribution in [0.15, 0.2) is 47.4 Å². The van der Waals surface area contributed by atoms with Crippen LogP contribution in [0, 0.1) is 20.8 Å². The van der Waals surface area contributed by atoms with Crippen LogP contribution in [0.4, 0.5) is 0 Å². The number of benzene rings is 2. The van der Waals surface area contributed by atoms with Gasteiger partial charge in [0, 0.05) is 16.7 Å². The van der Waals surface area contributed by atoms with Crippen molar-refractivity contribution in [2.45, 2.75) is 31.7 Å². The quantitative estimate of drug-likeness (QED) is 0.936. The Hall–Kier alpha value is -1.45. The summed E-state index contributed by atoms with van der Waals surface area (Å²) in [6.45, 7) is 6.12. The molecule has 0 aliphatic heterocycles. The molecular weight excluding hydrogens is 266 g/mol. The lowest BCUT2D eigenvalue weighted by Crippen LogP contribution is -2.19. The van der Waals surface area contributed by atoms with Crippen LogP contribution in [0.1, 0.15) is 28.3 Å². The van der Waals surface area contributed by atoms with Gasteiger partial charge in [0.15, 0.2) is 0 Å². The first-order chi connectivity index (χ1) is 9.47. The molecule has 0 amide bonds. The van der Waals surface area contributed by atoms with Crippen LogP contribution in [0.3, 0.4) is 0 Å². The van der Waals surface area contributed by atoms with Gasteiger partial charge in [0.1, 0.15) is 0 Å². The van der Waals surface area contributed by atoms with E-state index in [1.807, 2.05) is 45.0 Å². The molecule has 2 nitrogen and oxygen atoms in total. The standard InChI is InChI=1S/C17H21NOS/c1-12-5-8-15(9-6-12)20(19)11-17(18)16-10-13(2)4-7-14(16)3/h4-10,17H,11,18H2,1-3H3. The molecule has 0 aliphatic rings. The second kappa shape index (κ2) is 6.33. The second-order valence-electron chi connectivity index (χ2n) is 5.29. The van der Waals surface area contributed by atoms with Gasteiger partial charge in [-0.3, -0.25) is 4.21 Å². The zero-order chi connectivity index (χ0) is 14.7. The Labute approximate surface area is 123 Å². The van der Waals surface area contributed by atoms with E-state index in [-0.39, 0.29) is 6.04 Å². The van der Waals surface area contributed by atoms with Gasteiger partial charge in [0.05, 0.1) is 10.8 Å². The molecule has 2 rings (SSSR count). The molecule has 0 aromatic heterocycles. The predicted molar refractivity (Wildman–Crippen MR) is 85.3 cm³/mol. The number of aryl methyl sites for hydroxylation is 3. The molecule has 0 heterocycles. The van der Waals surface area contributed by atoms with Crippen molar-refractivity contribution >= 4 is 10.8 Å². The zero-order valence-electron chi connectivity index (χ0n) is 12.2. The Bertz CT molecular complexity index is 619. The third-order valence-corrected chi connectivity index (χ3v) is 4.91. The molecule has 0 aliphatic carbocycles. The summed E-state index contributed by atoms with van der Waals surface area (Å²) >= 11 is 0. The maximum atomic E-state index is 12.4. The van der Waals surface area contributed by atoms with Gasteiger partial charge < -0.3 is 5.73 Å². The van der Waals surface area contributed by atoms with Gasteiger partial charge in [0.2, 0.25) is 0 Å². The van der Waals surface area contributed by atoms with Gasteiger partial charge in [-0.2, -0.15) is 0 Å². The van der Waals surface area contributed by atoms with E-state index in [4.69, 9.17) is 5.73 Å². The van der Waals surface area contributed by atoms with Crippen molar-refractivity contribution in [2.24, 2.45) is 5.73 Å². The molecule has 2 atom stereocenters. The summed E-state index contributed by atoms with van der Waals surface area (Å²) in [5, 5.41) is 0. The highest BCUT2D eigenvalue weighted by atomic mass is 32.2. The Morgan fingerprint density at radius 2 is 1.60 bits per heavy atom. The van der Waals surface area contributed by atoms with Crippen LogP contribution in [0.2, 0.25) is 0 Å². The maximum absolute atomic E-state index is 12.4. The fourth-order valence-corrected chi connectivity index (χ4v) is 3.34. The molecule has 2 N–H and O–H groups in total. The SMILES string of the molecule is Cc1ccc(S(=O)CC(N)c2cc(C)ccc2C)cc1.